The summed E-state index contributed by atoms with van der Waals surface area (Å²) in [5.41, 5.74) is 0.197. The van der Waals surface area contributed by atoms with Crippen LogP contribution in [0.1, 0.15) is 58.3 Å². The van der Waals surface area contributed by atoms with Crippen LogP contribution in [-0.2, 0) is 4.74 Å². The van der Waals surface area contributed by atoms with E-state index in [-0.39, 0.29) is 12.2 Å². The smallest absolute Gasteiger partial charge is 0.0697 e. The van der Waals surface area contributed by atoms with Crippen molar-refractivity contribution in [3.8, 4) is 0 Å². The molecule has 3 heteroatoms. The minimum atomic E-state index is 0.197. The Morgan fingerprint density at radius 3 is 2.72 bits per heavy atom. The minimum Gasteiger partial charge on any atom is -0.395 e. The maximum atomic E-state index is 9.25. The second-order valence-corrected chi connectivity index (χ2v) is 6.00. The van der Waals surface area contributed by atoms with E-state index in [1.807, 2.05) is 0 Å². The lowest BCUT2D eigenvalue weighted by molar-refractivity contribution is -0.103. The third-order valence-electron chi connectivity index (χ3n) is 4.68. The standard InChI is InChI=1S/C15H29NO2/c1-2-3-9-16(10-11-17)14-6-12-18-15(13-14)7-4-5-8-15/h14,17H,2-13H2,1H3. The summed E-state index contributed by atoms with van der Waals surface area (Å²) in [4.78, 5) is 2.51. The number of rotatable bonds is 6. The highest BCUT2D eigenvalue weighted by atomic mass is 16.5. The molecule has 1 unspecified atom stereocenters. The molecular formula is C15H29NO2. The first kappa shape index (κ1) is 14.3. The second kappa shape index (κ2) is 6.88. The van der Waals surface area contributed by atoms with Gasteiger partial charge in [0.2, 0.25) is 0 Å². The van der Waals surface area contributed by atoms with Gasteiger partial charge in [0.15, 0.2) is 0 Å². The molecule has 0 bridgehead atoms. The monoisotopic (exact) mass is 255 g/mol. The van der Waals surface area contributed by atoms with E-state index in [9.17, 15) is 5.11 Å². The van der Waals surface area contributed by atoms with Crippen LogP contribution in [0.4, 0.5) is 0 Å². The van der Waals surface area contributed by atoms with Gasteiger partial charge in [-0.05, 0) is 38.6 Å². The fourth-order valence-corrected chi connectivity index (χ4v) is 3.65. The molecule has 1 saturated heterocycles. The molecule has 1 saturated carbocycles. The first-order valence-electron chi connectivity index (χ1n) is 7.78. The van der Waals surface area contributed by atoms with Crippen molar-refractivity contribution in [3.05, 3.63) is 0 Å². The van der Waals surface area contributed by atoms with Crippen molar-refractivity contribution in [2.24, 2.45) is 0 Å². The third kappa shape index (κ3) is 3.46. The molecule has 1 N–H and O–H groups in total. The molecule has 1 heterocycles. The molecule has 1 spiro atoms. The zero-order valence-electron chi connectivity index (χ0n) is 11.9. The lowest BCUT2D eigenvalue weighted by Crippen LogP contribution is -2.48. The summed E-state index contributed by atoms with van der Waals surface area (Å²) in [6.07, 6.45) is 9.99. The molecule has 0 aromatic rings. The molecule has 2 rings (SSSR count). The van der Waals surface area contributed by atoms with Crippen molar-refractivity contribution >= 4 is 0 Å². The maximum Gasteiger partial charge on any atom is 0.0697 e. The highest BCUT2D eigenvalue weighted by molar-refractivity contribution is 4.94. The summed E-state index contributed by atoms with van der Waals surface area (Å²) in [5, 5.41) is 9.25. The normalized spacial score (nSPS) is 27.2. The molecule has 1 aliphatic carbocycles. The lowest BCUT2D eigenvalue weighted by atomic mass is 9.88. The van der Waals surface area contributed by atoms with Crippen molar-refractivity contribution < 1.29 is 9.84 Å². The topological polar surface area (TPSA) is 32.7 Å². The van der Waals surface area contributed by atoms with E-state index in [0.717, 1.165) is 26.1 Å². The van der Waals surface area contributed by atoms with Gasteiger partial charge in [0.25, 0.3) is 0 Å². The number of hydrogen-bond donors (Lipinski definition) is 1. The van der Waals surface area contributed by atoms with Gasteiger partial charge in [-0.3, -0.25) is 4.90 Å². The summed E-state index contributed by atoms with van der Waals surface area (Å²) < 4.78 is 6.10. The summed E-state index contributed by atoms with van der Waals surface area (Å²) in [6, 6.07) is 0.635. The van der Waals surface area contributed by atoms with Crippen molar-refractivity contribution in [1.82, 2.24) is 4.90 Å². The van der Waals surface area contributed by atoms with Crippen LogP contribution in [0.3, 0.4) is 0 Å². The lowest BCUT2D eigenvalue weighted by Gasteiger charge is -2.43. The summed E-state index contributed by atoms with van der Waals surface area (Å²) in [7, 11) is 0. The SMILES string of the molecule is CCCCN(CCO)C1CCOC2(CCCC2)C1. The van der Waals surface area contributed by atoms with Crippen molar-refractivity contribution in [2.75, 3.05) is 26.3 Å². The zero-order chi connectivity index (χ0) is 12.8. The third-order valence-corrected chi connectivity index (χ3v) is 4.68. The Kier molecular flexibility index (Phi) is 5.46. The van der Waals surface area contributed by atoms with E-state index in [4.69, 9.17) is 4.74 Å². The van der Waals surface area contributed by atoms with E-state index in [1.54, 1.807) is 0 Å². The van der Waals surface area contributed by atoms with Gasteiger partial charge in [0.1, 0.15) is 0 Å². The van der Waals surface area contributed by atoms with Gasteiger partial charge in [-0.15, -0.1) is 0 Å². The molecule has 18 heavy (non-hydrogen) atoms. The number of aliphatic hydroxyl groups excluding tert-OH is 1. The number of aliphatic hydroxyl groups is 1. The average Bonchev–Trinajstić information content (AvgIpc) is 2.82. The fourth-order valence-electron chi connectivity index (χ4n) is 3.65. The van der Waals surface area contributed by atoms with Gasteiger partial charge in [-0.25, -0.2) is 0 Å². The predicted octanol–water partition coefficient (Wildman–Crippen LogP) is 2.57. The number of hydrogen-bond acceptors (Lipinski definition) is 3. The minimum absolute atomic E-state index is 0.197. The van der Waals surface area contributed by atoms with E-state index < -0.39 is 0 Å². The van der Waals surface area contributed by atoms with E-state index in [0.29, 0.717) is 6.04 Å². The number of ether oxygens (including phenoxy) is 1. The molecule has 0 aromatic heterocycles. The first-order valence-corrected chi connectivity index (χ1v) is 7.78. The molecule has 2 aliphatic rings. The molecular weight excluding hydrogens is 226 g/mol. The van der Waals surface area contributed by atoms with Gasteiger partial charge < -0.3 is 9.84 Å². The fraction of sp³-hybridized carbons (Fsp3) is 1.00. The Hall–Kier alpha value is -0.120. The summed E-state index contributed by atoms with van der Waals surface area (Å²) in [5.74, 6) is 0. The van der Waals surface area contributed by atoms with E-state index in [2.05, 4.69) is 11.8 Å². The molecule has 0 amide bonds. The number of unbranched alkanes of at least 4 members (excludes halogenated alkanes) is 1. The van der Waals surface area contributed by atoms with E-state index >= 15 is 0 Å². The first-order chi connectivity index (χ1) is 8.79. The molecule has 2 fully saturated rings. The summed E-state index contributed by atoms with van der Waals surface area (Å²) >= 11 is 0. The Balaban J connectivity index is 1.91. The average molecular weight is 255 g/mol. The molecule has 0 radical (unpaired) electrons. The highest BCUT2D eigenvalue weighted by Gasteiger charge is 2.41. The Labute approximate surface area is 112 Å². The molecule has 0 aromatic carbocycles. The summed E-state index contributed by atoms with van der Waals surface area (Å²) in [6.45, 7) is 5.41. The van der Waals surface area contributed by atoms with Gasteiger partial charge in [0, 0.05) is 19.2 Å². The largest absolute Gasteiger partial charge is 0.395 e. The predicted molar refractivity (Wildman–Crippen MR) is 73.7 cm³/mol. The van der Waals surface area contributed by atoms with Crippen molar-refractivity contribution in [1.29, 1.82) is 0 Å². The van der Waals surface area contributed by atoms with Crippen LogP contribution in [0.2, 0.25) is 0 Å². The van der Waals surface area contributed by atoms with Gasteiger partial charge in [-0.1, -0.05) is 26.2 Å². The van der Waals surface area contributed by atoms with Gasteiger partial charge in [-0.2, -0.15) is 0 Å². The van der Waals surface area contributed by atoms with Crippen LogP contribution < -0.4 is 0 Å². The Morgan fingerprint density at radius 1 is 1.28 bits per heavy atom. The zero-order valence-corrected chi connectivity index (χ0v) is 11.9. The van der Waals surface area contributed by atoms with Crippen LogP contribution >= 0.6 is 0 Å². The van der Waals surface area contributed by atoms with Gasteiger partial charge in [0.05, 0.1) is 12.2 Å². The quantitative estimate of drug-likeness (QED) is 0.792. The van der Waals surface area contributed by atoms with Crippen LogP contribution in [-0.4, -0.2) is 48.0 Å². The highest BCUT2D eigenvalue weighted by Crippen LogP contribution is 2.41. The van der Waals surface area contributed by atoms with Crippen LogP contribution in [0.15, 0.2) is 0 Å². The van der Waals surface area contributed by atoms with Crippen molar-refractivity contribution in [3.63, 3.8) is 0 Å². The number of nitrogens with zero attached hydrogens (tertiary/aromatic N) is 1. The van der Waals surface area contributed by atoms with Crippen molar-refractivity contribution in [2.45, 2.75) is 69.9 Å². The molecule has 3 nitrogen and oxygen atoms in total. The van der Waals surface area contributed by atoms with Crippen LogP contribution in [0.25, 0.3) is 0 Å². The van der Waals surface area contributed by atoms with E-state index in [1.165, 1.54) is 44.9 Å². The molecule has 1 aliphatic heterocycles. The Morgan fingerprint density at radius 2 is 2.06 bits per heavy atom. The molecule has 1 atom stereocenters. The van der Waals surface area contributed by atoms with Gasteiger partial charge >= 0.3 is 0 Å². The van der Waals surface area contributed by atoms with Crippen LogP contribution in [0, 0.1) is 0 Å². The molecule has 106 valence electrons. The Bertz CT molecular complexity index is 239. The maximum absolute atomic E-state index is 9.25. The second-order valence-electron chi connectivity index (χ2n) is 6.00. The van der Waals surface area contributed by atoms with Crippen LogP contribution in [0.5, 0.6) is 0 Å².